The van der Waals surface area contributed by atoms with Crippen LogP contribution < -0.4 is 15.4 Å². The largest absolute Gasteiger partial charge is 0.497 e. The van der Waals surface area contributed by atoms with Gasteiger partial charge in [0.15, 0.2) is 0 Å². The zero-order valence-electron chi connectivity index (χ0n) is 15.3. The summed E-state index contributed by atoms with van der Waals surface area (Å²) in [6.45, 7) is -0.0151. The summed E-state index contributed by atoms with van der Waals surface area (Å²) in [5.41, 5.74) is -0.0575. The van der Waals surface area contributed by atoms with E-state index in [2.05, 4.69) is 10.6 Å². The molecule has 5 nitrogen and oxygen atoms in total. The van der Waals surface area contributed by atoms with E-state index < -0.39 is 23.4 Å². The van der Waals surface area contributed by atoms with Crippen LogP contribution in [-0.2, 0) is 18.2 Å². The smallest absolute Gasteiger partial charge is 0.416 e. The Kier molecular flexibility index (Phi) is 5.51. The van der Waals surface area contributed by atoms with E-state index in [1.165, 1.54) is 12.1 Å². The van der Waals surface area contributed by atoms with Crippen molar-refractivity contribution >= 4 is 11.7 Å². The van der Waals surface area contributed by atoms with Crippen LogP contribution in [0.3, 0.4) is 0 Å². The van der Waals surface area contributed by atoms with Crippen LogP contribution in [0.5, 0.6) is 5.75 Å². The van der Waals surface area contributed by atoms with Gasteiger partial charge in [-0.25, -0.2) is 4.79 Å². The van der Waals surface area contributed by atoms with Crippen LogP contribution in [0.2, 0.25) is 0 Å². The van der Waals surface area contributed by atoms with Gasteiger partial charge >= 0.3 is 12.2 Å². The molecule has 0 bridgehead atoms. The minimum absolute atomic E-state index is 0.0151. The number of aliphatic hydroxyl groups is 1. The number of nitrogens with one attached hydrogen (secondary N) is 2. The molecule has 0 aliphatic heterocycles. The van der Waals surface area contributed by atoms with Gasteiger partial charge in [0.1, 0.15) is 11.4 Å². The zero-order valence-corrected chi connectivity index (χ0v) is 15.3. The highest BCUT2D eigenvalue weighted by atomic mass is 19.4. The summed E-state index contributed by atoms with van der Waals surface area (Å²) in [6.07, 6.45) is -2.36. The van der Waals surface area contributed by atoms with Gasteiger partial charge < -0.3 is 20.5 Å². The fourth-order valence-corrected chi connectivity index (χ4v) is 3.39. The summed E-state index contributed by atoms with van der Waals surface area (Å²) in [6, 6.07) is 8.98. The molecule has 0 heterocycles. The first-order valence-corrected chi connectivity index (χ1v) is 8.83. The fourth-order valence-electron chi connectivity index (χ4n) is 3.39. The lowest BCUT2D eigenvalue weighted by atomic mass is 9.79. The maximum Gasteiger partial charge on any atom is 0.416 e. The number of methoxy groups -OCH3 is 1. The van der Waals surface area contributed by atoms with Crippen molar-refractivity contribution in [3.8, 4) is 5.75 Å². The molecular weight excluding hydrogens is 373 g/mol. The van der Waals surface area contributed by atoms with Gasteiger partial charge in [0.25, 0.3) is 0 Å². The maximum absolute atomic E-state index is 12.6. The number of carbonyl (C=O) groups excluding carboxylic acids is 1. The number of hydrogen-bond acceptors (Lipinski definition) is 3. The number of halogens is 3. The Labute approximate surface area is 160 Å². The molecule has 0 saturated carbocycles. The van der Waals surface area contributed by atoms with Crippen molar-refractivity contribution in [3.63, 3.8) is 0 Å². The van der Waals surface area contributed by atoms with E-state index >= 15 is 0 Å². The van der Waals surface area contributed by atoms with Crippen LogP contribution in [0.15, 0.2) is 42.5 Å². The Balaban J connectivity index is 1.63. The predicted octanol–water partition coefficient (Wildman–Crippen LogP) is 4.06. The second-order valence-corrected chi connectivity index (χ2v) is 6.79. The highest BCUT2D eigenvalue weighted by molar-refractivity contribution is 5.89. The number of carbonyl (C=O) groups is 1. The van der Waals surface area contributed by atoms with Crippen LogP contribution in [-0.4, -0.2) is 24.8 Å². The molecule has 8 heteroatoms. The molecule has 0 radical (unpaired) electrons. The third-order valence-corrected chi connectivity index (χ3v) is 4.86. The van der Waals surface area contributed by atoms with E-state index in [0.717, 1.165) is 36.1 Å². The van der Waals surface area contributed by atoms with Gasteiger partial charge in [-0.1, -0.05) is 6.07 Å². The number of urea groups is 1. The molecule has 0 aromatic heterocycles. The van der Waals surface area contributed by atoms with Gasteiger partial charge in [0, 0.05) is 5.69 Å². The number of hydrogen-bond donors (Lipinski definition) is 3. The van der Waals surface area contributed by atoms with Gasteiger partial charge in [-0.05, 0) is 66.8 Å². The lowest BCUT2D eigenvalue weighted by molar-refractivity contribution is -0.137. The van der Waals surface area contributed by atoms with Gasteiger partial charge in [0.05, 0.1) is 19.2 Å². The second kappa shape index (κ2) is 7.71. The summed E-state index contributed by atoms with van der Waals surface area (Å²) < 4.78 is 43.0. The average Bonchev–Trinajstić information content (AvgIpc) is 2.66. The van der Waals surface area contributed by atoms with E-state index in [0.29, 0.717) is 12.2 Å². The summed E-state index contributed by atoms with van der Waals surface area (Å²) in [5, 5.41) is 16.1. The standard InChI is InChI=1S/C20H21F3N2O3/c1-28-16-8-9-17-13(11-16)3-2-10-19(17,27)12-24-18(26)25-15-6-4-14(5-7-15)20(21,22)23/h4-9,11,27H,2-3,10,12H2,1H3,(H2,24,25,26). The Bertz CT molecular complexity index is 853. The predicted molar refractivity (Wildman–Crippen MR) is 98.3 cm³/mol. The highest BCUT2D eigenvalue weighted by Gasteiger charge is 2.35. The number of rotatable bonds is 4. The van der Waals surface area contributed by atoms with Gasteiger partial charge in [-0.3, -0.25) is 0 Å². The average molecular weight is 394 g/mol. The van der Waals surface area contributed by atoms with Crippen molar-refractivity contribution in [2.24, 2.45) is 0 Å². The number of amides is 2. The summed E-state index contributed by atoms with van der Waals surface area (Å²) in [4.78, 5) is 12.1. The molecule has 0 saturated heterocycles. The minimum Gasteiger partial charge on any atom is -0.497 e. The zero-order chi connectivity index (χ0) is 20.4. The molecule has 2 amide bonds. The van der Waals surface area contributed by atoms with Crippen LogP contribution in [0.4, 0.5) is 23.7 Å². The first-order chi connectivity index (χ1) is 13.2. The van der Waals surface area contributed by atoms with E-state index in [1.54, 1.807) is 19.2 Å². The summed E-state index contributed by atoms with van der Waals surface area (Å²) >= 11 is 0. The van der Waals surface area contributed by atoms with Crippen molar-refractivity contribution in [1.82, 2.24) is 5.32 Å². The quantitative estimate of drug-likeness (QED) is 0.733. The number of benzene rings is 2. The summed E-state index contributed by atoms with van der Waals surface area (Å²) in [5.74, 6) is 0.705. The van der Waals surface area contributed by atoms with E-state index in [-0.39, 0.29) is 12.2 Å². The number of alkyl halides is 3. The highest BCUT2D eigenvalue weighted by Crippen LogP contribution is 2.36. The molecule has 150 valence electrons. The normalized spacial score (nSPS) is 18.9. The molecule has 3 N–H and O–H groups in total. The molecule has 1 unspecified atom stereocenters. The molecule has 3 rings (SSSR count). The Morgan fingerprint density at radius 2 is 1.93 bits per heavy atom. The molecular formula is C20H21F3N2O3. The van der Waals surface area contributed by atoms with Crippen LogP contribution >= 0.6 is 0 Å². The Hall–Kier alpha value is -2.74. The second-order valence-electron chi connectivity index (χ2n) is 6.79. The number of anilines is 1. The lowest BCUT2D eigenvalue weighted by Gasteiger charge is -2.34. The molecule has 1 atom stereocenters. The lowest BCUT2D eigenvalue weighted by Crippen LogP contribution is -2.44. The minimum atomic E-state index is -4.43. The monoisotopic (exact) mass is 394 g/mol. The number of ether oxygens (including phenoxy) is 1. The van der Waals surface area contributed by atoms with Crippen molar-refractivity contribution in [2.75, 3.05) is 19.0 Å². The molecule has 0 spiro atoms. The third-order valence-electron chi connectivity index (χ3n) is 4.86. The first kappa shape index (κ1) is 20.0. The van der Waals surface area contributed by atoms with Crippen LogP contribution in [0.25, 0.3) is 0 Å². The summed E-state index contributed by atoms with van der Waals surface area (Å²) in [7, 11) is 1.57. The maximum atomic E-state index is 12.6. The molecule has 2 aromatic carbocycles. The molecule has 2 aromatic rings. The Morgan fingerprint density at radius 3 is 2.57 bits per heavy atom. The van der Waals surface area contributed by atoms with E-state index in [9.17, 15) is 23.1 Å². The third kappa shape index (κ3) is 4.39. The molecule has 0 fully saturated rings. The van der Waals surface area contributed by atoms with Crippen LogP contribution in [0, 0.1) is 0 Å². The number of fused-ring (bicyclic) bond motifs is 1. The fraction of sp³-hybridized carbons (Fsp3) is 0.350. The van der Waals surface area contributed by atoms with E-state index in [4.69, 9.17) is 4.74 Å². The van der Waals surface area contributed by atoms with Gasteiger partial charge in [0.2, 0.25) is 0 Å². The molecule has 1 aliphatic carbocycles. The van der Waals surface area contributed by atoms with Crippen LogP contribution in [0.1, 0.15) is 29.5 Å². The number of aryl methyl sites for hydroxylation is 1. The van der Waals surface area contributed by atoms with Crippen molar-refractivity contribution in [3.05, 3.63) is 59.2 Å². The van der Waals surface area contributed by atoms with Crippen molar-refractivity contribution in [1.29, 1.82) is 0 Å². The van der Waals surface area contributed by atoms with Crippen molar-refractivity contribution < 1.29 is 27.8 Å². The molecule has 28 heavy (non-hydrogen) atoms. The van der Waals surface area contributed by atoms with Gasteiger partial charge in [-0.2, -0.15) is 13.2 Å². The van der Waals surface area contributed by atoms with Gasteiger partial charge in [-0.15, -0.1) is 0 Å². The topological polar surface area (TPSA) is 70.6 Å². The molecule has 1 aliphatic rings. The van der Waals surface area contributed by atoms with E-state index in [1.807, 2.05) is 6.07 Å². The Morgan fingerprint density at radius 1 is 1.21 bits per heavy atom. The SMILES string of the molecule is COc1ccc2c(c1)CCCC2(O)CNC(=O)Nc1ccc(C(F)(F)F)cc1. The van der Waals surface area contributed by atoms with Crippen molar-refractivity contribution in [2.45, 2.75) is 31.0 Å². The first-order valence-electron chi connectivity index (χ1n) is 8.83.